The molecule has 0 aromatic heterocycles. The minimum Gasteiger partial charge on any atom is -0.493 e. The van der Waals surface area contributed by atoms with E-state index in [1.54, 1.807) is 25.1 Å². The van der Waals surface area contributed by atoms with Crippen LogP contribution < -0.4 is 14.2 Å². The third-order valence-electron chi connectivity index (χ3n) is 11.1. The summed E-state index contributed by atoms with van der Waals surface area (Å²) < 4.78 is 74.4. The number of benzene rings is 4. The molecule has 58 heavy (non-hydrogen) atoms. The Labute approximate surface area is 341 Å². The molecule has 12 heteroatoms. The lowest BCUT2D eigenvalue weighted by atomic mass is 9.70. The average molecular weight is 816 g/mol. The zero-order chi connectivity index (χ0) is 40.8. The maximum absolute atomic E-state index is 16.2. The molecule has 0 saturated heterocycles. The molecule has 0 spiro atoms. The number of carbonyl (C=O) groups excluding carboxylic acids is 2. The number of esters is 2. The van der Waals surface area contributed by atoms with Gasteiger partial charge in [0.15, 0.2) is 11.6 Å². The highest BCUT2D eigenvalue weighted by Gasteiger charge is 2.34. The van der Waals surface area contributed by atoms with Crippen molar-refractivity contribution >= 4 is 46.4 Å². The van der Waals surface area contributed by atoms with Crippen LogP contribution in [-0.2, 0) is 19.1 Å². The molecule has 4 aromatic rings. The van der Waals surface area contributed by atoms with E-state index in [2.05, 4.69) is 18.5 Å². The first-order valence-electron chi connectivity index (χ1n) is 20.1. The predicted molar refractivity (Wildman–Crippen MR) is 217 cm³/mol. The second kappa shape index (κ2) is 18.8. The number of hydrogen-bond acceptors (Lipinski definition) is 9. The van der Waals surface area contributed by atoms with E-state index in [-0.39, 0.29) is 36.1 Å². The van der Waals surface area contributed by atoms with E-state index in [0.717, 1.165) is 51.6 Å². The molecule has 2 aliphatic carbocycles. The summed E-state index contributed by atoms with van der Waals surface area (Å²) in [5.41, 5.74) is 0.378. The van der Waals surface area contributed by atoms with E-state index in [1.807, 2.05) is 0 Å². The molecule has 0 unspecified atom stereocenters. The number of aliphatic imine (C=N–C) groups is 1. The summed E-state index contributed by atoms with van der Waals surface area (Å²) in [4.78, 5) is 30.8. The molecule has 4 aromatic carbocycles. The fourth-order valence-electron chi connectivity index (χ4n) is 8.04. The van der Waals surface area contributed by atoms with Gasteiger partial charge in [0, 0.05) is 36.4 Å². The number of hydrogen-bond donors (Lipinski definition) is 0. The monoisotopic (exact) mass is 815 g/mol. The molecular weight excluding hydrogens is 768 g/mol. The summed E-state index contributed by atoms with van der Waals surface area (Å²) in [6.45, 7) is 8.45. The molecule has 0 N–H and O–H groups in total. The second-order valence-corrected chi connectivity index (χ2v) is 16.4. The van der Waals surface area contributed by atoms with Crippen LogP contribution >= 0.6 is 11.8 Å². The van der Waals surface area contributed by atoms with Crippen LogP contribution in [0.15, 0.2) is 81.5 Å². The van der Waals surface area contributed by atoms with Crippen LogP contribution in [0.2, 0.25) is 0 Å². The van der Waals surface area contributed by atoms with E-state index in [9.17, 15) is 14.0 Å². The van der Waals surface area contributed by atoms with Gasteiger partial charge < -0.3 is 23.7 Å². The van der Waals surface area contributed by atoms with Crippen molar-refractivity contribution in [1.29, 1.82) is 0 Å². The lowest BCUT2D eigenvalue weighted by Crippen LogP contribution is -2.31. The molecule has 0 bridgehead atoms. The third kappa shape index (κ3) is 9.89. The van der Waals surface area contributed by atoms with Gasteiger partial charge >= 0.3 is 11.9 Å². The first-order chi connectivity index (χ1) is 28.1. The van der Waals surface area contributed by atoms with Crippen molar-refractivity contribution in [2.24, 2.45) is 22.7 Å². The van der Waals surface area contributed by atoms with Gasteiger partial charge in [-0.05, 0) is 136 Å². The Morgan fingerprint density at radius 2 is 1.60 bits per heavy atom. The number of fused-ring (bicyclic) bond motifs is 3. The molecular formula is C46H48F3NO7S. The van der Waals surface area contributed by atoms with Gasteiger partial charge in [0.25, 0.3) is 0 Å². The zero-order valence-electron chi connectivity index (χ0n) is 32.8. The van der Waals surface area contributed by atoms with Crippen molar-refractivity contribution in [3.63, 3.8) is 0 Å². The van der Waals surface area contributed by atoms with Gasteiger partial charge in [-0.3, -0.25) is 9.79 Å². The molecule has 1 heterocycles. The van der Waals surface area contributed by atoms with Crippen LogP contribution in [0, 0.1) is 35.2 Å². The van der Waals surface area contributed by atoms with E-state index in [0.29, 0.717) is 80.6 Å². The molecule has 8 nitrogen and oxygen atoms in total. The number of carbonyl (C=O) groups is 2. The van der Waals surface area contributed by atoms with Crippen molar-refractivity contribution in [1.82, 2.24) is 0 Å². The van der Waals surface area contributed by atoms with Crippen molar-refractivity contribution in [2.75, 3.05) is 19.8 Å². The van der Waals surface area contributed by atoms with Crippen molar-refractivity contribution in [2.45, 2.75) is 94.0 Å². The first-order valence-corrected chi connectivity index (χ1v) is 21.0. The van der Waals surface area contributed by atoms with Crippen LogP contribution in [0.4, 0.5) is 18.9 Å². The van der Waals surface area contributed by atoms with Gasteiger partial charge in [-0.1, -0.05) is 25.3 Å². The summed E-state index contributed by atoms with van der Waals surface area (Å²) in [6.07, 6.45) is 10.7. The fraction of sp³-hybridized carbons (Fsp3) is 0.413. The van der Waals surface area contributed by atoms with Gasteiger partial charge in [0.05, 0.1) is 35.0 Å². The van der Waals surface area contributed by atoms with Crippen LogP contribution in [0.1, 0.15) is 83.6 Å². The highest BCUT2D eigenvalue weighted by atomic mass is 32.2. The standard InChI is InChI=1S/C46H48F3NO7S/c1-4-18-53-33-13-10-29(11-14-33)28-6-8-30(9-7-28)46(52)57-44-36(26-50-39-25-41-43(24-37(39)48)58-42-23-32(47)12-17-40(42)56-41)35-16-15-34(21-31(35)22-38(44)49)54-19-5-20-55-45(51)27(2)3/h12,15-17,21-26,28-30,33H,2,4-11,13-14,18-20H2,1,3H3/b50-26+. The normalized spacial score (nSPS) is 20.2. The highest BCUT2D eigenvalue weighted by Crippen LogP contribution is 2.49. The average Bonchev–Trinajstić information content (AvgIpc) is 3.22. The molecule has 0 amide bonds. The molecule has 2 saturated carbocycles. The summed E-state index contributed by atoms with van der Waals surface area (Å²) in [7, 11) is 0. The molecule has 2 fully saturated rings. The lowest BCUT2D eigenvalue weighted by molar-refractivity contribution is -0.141. The minimum atomic E-state index is -0.781. The predicted octanol–water partition coefficient (Wildman–Crippen LogP) is 11.8. The second-order valence-electron chi connectivity index (χ2n) is 15.3. The van der Waals surface area contributed by atoms with Crippen LogP contribution in [0.5, 0.6) is 23.0 Å². The Morgan fingerprint density at radius 3 is 2.34 bits per heavy atom. The number of halogens is 3. The van der Waals surface area contributed by atoms with Gasteiger partial charge in [-0.2, -0.15) is 0 Å². The largest absolute Gasteiger partial charge is 0.493 e. The highest BCUT2D eigenvalue weighted by molar-refractivity contribution is 7.99. The SMILES string of the molecule is C=C(C)C(=O)OCCCOc1ccc2c(/C=N/c3cc4c(cc3F)Sc3cc(F)ccc3O4)c(OC(=O)C3CCC(C4CCC(OCCC)CC4)CC3)c(F)cc2c1. The number of nitrogens with zero attached hydrogens (tertiary/aromatic N) is 1. The molecule has 3 aliphatic rings. The maximum Gasteiger partial charge on any atom is 0.333 e. The Morgan fingerprint density at radius 1 is 0.862 bits per heavy atom. The summed E-state index contributed by atoms with van der Waals surface area (Å²) in [5, 5.41) is 0.939. The minimum absolute atomic E-state index is 0.0869. The molecule has 1 aliphatic heterocycles. The van der Waals surface area contributed by atoms with E-state index >= 15 is 8.78 Å². The summed E-state index contributed by atoms with van der Waals surface area (Å²) in [6, 6.07) is 13.1. The van der Waals surface area contributed by atoms with Gasteiger partial charge in [-0.15, -0.1) is 0 Å². The third-order valence-corrected chi connectivity index (χ3v) is 12.2. The first kappa shape index (κ1) is 41.4. The lowest BCUT2D eigenvalue weighted by Gasteiger charge is -2.37. The Balaban J connectivity index is 1.10. The topological polar surface area (TPSA) is 92.7 Å². The van der Waals surface area contributed by atoms with E-state index in [4.69, 9.17) is 23.7 Å². The molecule has 0 radical (unpaired) electrons. The summed E-state index contributed by atoms with van der Waals surface area (Å²) in [5.74, 6) is -1.17. The van der Waals surface area contributed by atoms with Crippen LogP contribution in [0.25, 0.3) is 10.8 Å². The van der Waals surface area contributed by atoms with E-state index < -0.39 is 29.4 Å². The maximum atomic E-state index is 16.2. The zero-order valence-corrected chi connectivity index (χ0v) is 33.6. The van der Waals surface area contributed by atoms with Gasteiger partial charge in [-0.25, -0.2) is 18.0 Å². The number of rotatable bonds is 14. The quantitative estimate of drug-likeness (QED) is 0.0360. The van der Waals surface area contributed by atoms with Crippen molar-refractivity contribution in [3.05, 3.63) is 89.8 Å². The summed E-state index contributed by atoms with van der Waals surface area (Å²) >= 11 is 1.18. The Bertz CT molecular complexity index is 2190. The van der Waals surface area contributed by atoms with Crippen LogP contribution in [-0.4, -0.2) is 44.1 Å². The Hall–Kier alpha value is -4.81. The van der Waals surface area contributed by atoms with E-state index in [1.165, 1.54) is 54.4 Å². The van der Waals surface area contributed by atoms with Gasteiger partial charge in [0.1, 0.15) is 34.6 Å². The number of ether oxygens (including phenoxy) is 5. The fourth-order valence-corrected chi connectivity index (χ4v) is 9.02. The van der Waals surface area contributed by atoms with Crippen molar-refractivity contribution in [3.8, 4) is 23.0 Å². The smallest absolute Gasteiger partial charge is 0.333 e. The molecule has 7 rings (SSSR count). The molecule has 306 valence electrons. The Kier molecular flexibility index (Phi) is 13.4. The molecule has 0 atom stereocenters. The van der Waals surface area contributed by atoms with Gasteiger partial charge in [0.2, 0.25) is 0 Å². The van der Waals surface area contributed by atoms with Crippen LogP contribution in [0.3, 0.4) is 0 Å². The van der Waals surface area contributed by atoms with Crippen molar-refractivity contribution < 1.29 is 46.4 Å².